The van der Waals surface area contributed by atoms with Crippen molar-refractivity contribution in [1.82, 2.24) is 4.72 Å². The van der Waals surface area contributed by atoms with E-state index in [0.717, 1.165) is 35.7 Å². The molecule has 1 aromatic carbocycles. The van der Waals surface area contributed by atoms with Crippen LogP contribution in [0.4, 0.5) is 0 Å². The number of nitrogens with one attached hydrogen (secondary N) is 1. The lowest BCUT2D eigenvalue weighted by Gasteiger charge is -2.28. The van der Waals surface area contributed by atoms with Crippen molar-refractivity contribution in [3.05, 3.63) is 28.2 Å². The number of rotatable bonds is 4. The third kappa shape index (κ3) is 3.18. The first kappa shape index (κ1) is 15.0. The van der Waals surface area contributed by atoms with Crippen molar-refractivity contribution in [1.29, 1.82) is 0 Å². The third-order valence-corrected chi connectivity index (χ3v) is 5.96. The molecule has 3 N–H and O–H groups in total. The quantitative estimate of drug-likeness (QED) is 0.878. The van der Waals surface area contributed by atoms with Gasteiger partial charge in [-0.05, 0) is 37.5 Å². The molecule has 1 aliphatic carbocycles. The van der Waals surface area contributed by atoms with Gasteiger partial charge in [0.05, 0.1) is 4.90 Å². The Bertz CT molecular complexity index is 566. The van der Waals surface area contributed by atoms with E-state index in [1.165, 1.54) is 0 Å². The fourth-order valence-corrected chi connectivity index (χ4v) is 4.86. The Labute approximate surface area is 122 Å². The van der Waals surface area contributed by atoms with Gasteiger partial charge in [0.25, 0.3) is 0 Å². The van der Waals surface area contributed by atoms with Crippen LogP contribution in [0.15, 0.2) is 27.6 Å². The maximum absolute atomic E-state index is 12.5. The first-order valence-electron chi connectivity index (χ1n) is 6.39. The highest BCUT2D eigenvalue weighted by Gasteiger charge is 2.37. The van der Waals surface area contributed by atoms with Crippen molar-refractivity contribution >= 4 is 26.0 Å². The topological polar surface area (TPSA) is 72.2 Å². The molecule has 1 fully saturated rings. The Balaban J connectivity index is 2.34. The molecule has 0 aromatic heterocycles. The summed E-state index contributed by atoms with van der Waals surface area (Å²) in [6.07, 6.45) is 3.68. The van der Waals surface area contributed by atoms with E-state index in [0.29, 0.717) is 11.4 Å². The lowest BCUT2D eigenvalue weighted by molar-refractivity contribution is 0.399. The Kier molecular flexibility index (Phi) is 4.35. The van der Waals surface area contributed by atoms with Gasteiger partial charge in [-0.25, -0.2) is 13.1 Å². The van der Waals surface area contributed by atoms with E-state index in [1.807, 2.05) is 6.07 Å². The van der Waals surface area contributed by atoms with Crippen LogP contribution in [0.5, 0.6) is 0 Å². The van der Waals surface area contributed by atoms with Gasteiger partial charge in [-0.1, -0.05) is 34.8 Å². The summed E-state index contributed by atoms with van der Waals surface area (Å²) in [7, 11) is -3.53. The lowest BCUT2D eigenvalue weighted by atomic mass is 10.0. The number of halogens is 1. The van der Waals surface area contributed by atoms with Crippen molar-refractivity contribution in [2.75, 3.05) is 6.54 Å². The molecular formula is C13H19BrN2O2S. The van der Waals surface area contributed by atoms with E-state index < -0.39 is 15.6 Å². The van der Waals surface area contributed by atoms with Gasteiger partial charge in [-0.2, -0.15) is 0 Å². The number of hydrogen-bond acceptors (Lipinski definition) is 3. The monoisotopic (exact) mass is 346 g/mol. The van der Waals surface area contributed by atoms with Crippen LogP contribution in [0.1, 0.15) is 31.2 Å². The summed E-state index contributed by atoms with van der Waals surface area (Å²) in [6.45, 7) is 2.14. The zero-order valence-corrected chi connectivity index (χ0v) is 13.4. The standard InChI is InChI=1S/C13H19BrN2O2S/c1-10-4-5-11(14)8-12(10)19(17,18)16-13(9-15)6-2-3-7-13/h4-5,8,16H,2-3,6-7,9,15H2,1H3. The molecule has 0 radical (unpaired) electrons. The molecule has 1 saturated carbocycles. The highest BCUT2D eigenvalue weighted by molar-refractivity contribution is 9.10. The van der Waals surface area contributed by atoms with Crippen molar-refractivity contribution in [3.63, 3.8) is 0 Å². The molecule has 1 aromatic rings. The average molecular weight is 347 g/mol. The molecule has 4 nitrogen and oxygen atoms in total. The van der Waals surface area contributed by atoms with Gasteiger partial charge in [0, 0.05) is 16.6 Å². The van der Waals surface area contributed by atoms with E-state index in [2.05, 4.69) is 20.7 Å². The molecular weight excluding hydrogens is 328 g/mol. The zero-order valence-electron chi connectivity index (χ0n) is 10.9. The normalized spacial score (nSPS) is 18.7. The molecule has 106 valence electrons. The lowest BCUT2D eigenvalue weighted by Crippen LogP contribution is -2.51. The van der Waals surface area contributed by atoms with Gasteiger partial charge in [-0.3, -0.25) is 0 Å². The Morgan fingerprint density at radius 2 is 2.00 bits per heavy atom. The Morgan fingerprint density at radius 1 is 1.37 bits per heavy atom. The van der Waals surface area contributed by atoms with Crippen LogP contribution in [0.2, 0.25) is 0 Å². The Hall–Kier alpha value is -0.430. The molecule has 0 atom stereocenters. The summed E-state index contributed by atoms with van der Waals surface area (Å²) in [6, 6.07) is 5.27. The number of aryl methyl sites for hydroxylation is 1. The summed E-state index contributed by atoms with van der Waals surface area (Å²) in [5, 5.41) is 0. The van der Waals surface area contributed by atoms with Gasteiger partial charge < -0.3 is 5.73 Å². The molecule has 1 aliphatic rings. The van der Waals surface area contributed by atoms with Crippen molar-refractivity contribution in [2.24, 2.45) is 5.73 Å². The molecule has 0 amide bonds. The second-order valence-corrected chi connectivity index (χ2v) is 7.77. The predicted octanol–water partition coefficient (Wildman–Crippen LogP) is 2.31. The second-order valence-electron chi connectivity index (χ2n) is 5.21. The molecule has 6 heteroatoms. The largest absolute Gasteiger partial charge is 0.329 e. The Morgan fingerprint density at radius 3 is 2.58 bits per heavy atom. The average Bonchev–Trinajstić information content (AvgIpc) is 2.80. The van der Waals surface area contributed by atoms with Crippen molar-refractivity contribution < 1.29 is 8.42 Å². The summed E-state index contributed by atoms with van der Waals surface area (Å²) in [5.74, 6) is 0. The predicted molar refractivity (Wildman–Crippen MR) is 79.5 cm³/mol. The van der Waals surface area contributed by atoms with E-state index in [9.17, 15) is 8.42 Å². The molecule has 0 unspecified atom stereocenters. The molecule has 0 spiro atoms. The van der Waals surface area contributed by atoms with E-state index in [1.54, 1.807) is 19.1 Å². The summed E-state index contributed by atoms with van der Waals surface area (Å²) >= 11 is 3.32. The van der Waals surface area contributed by atoms with Crippen LogP contribution in [0.3, 0.4) is 0 Å². The molecule has 0 aliphatic heterocycles. The van der Waals surface area contributed by atoms with Gasteiger partial charge in [0.2, 0.25) is 10.0 Å². The fraction of sp³-hybridized carbons (Fsp3) is 0.538. The van der Waals surface area contributed by atoms with Crippen LogP contribution >= 0.6 is 15.9 Å². The van der Waals surface area contributed by atoms with Crippen molar-refractivity contribution in [2.45, 2.75) is 43.0 Å². The molecule has 2 rings (SSSR count). The first-order valence-corrected chi connectivity index (χ1v) is 8.66. The van der Waals surface area contributed by atoms with Gasteiger partial charge in [0.1, 0.15) is 0 Å². The van der Waals surface area contributed by atoms with Gasteiger partial charge in [0.15, 0.2) is 0 Å². The maximum Gasteiger partial charge on any atom is 0.241 e. The van der Waals surface area contributed by atoms with Crippen LogP contribution in [0.25, 0.3) is 0 Å². The highest BCUT2D eigenvalue weighted by Crippen LogP contribution is 2.31. The second kappa shape index (κ2) is 5.52. The summed E-state index contributed by atoms with van der Waals surface area (Å²) < 4.78 is 28.7. The number of nitrogens with two attached hydrogens (primary N) is 1. The minimum absolute atomic E-state index is 0.321. The maximum atomic E-state index is 12.5. The van der Waals surface area contributed by atoms with Crippen LogP contribution in [-0.2, 0) is 10.0 Å². The van der Waals surface area contributed by atoms with E-state index in [-0.39, 0.29) is 0 Å². The van der Waals surface area contributed by atoms with Crippen LogP contribution in [0, 0.1) is 6.92 Å². The van der Waals surface area contributed by atoms with Crippen molar-refractivity contribution in [3.8, 4) is 0 Å². The minimum Gasteiger partial charge on any atom is -0.329 e. The zero-order chi connectivity index (χ0) is 14.1. The van der Waals surface area contributed by atoms with Crippen LogP contribution < -0.4 is 10.5 Å². The van der Waals surface area contributed by atoms with Crippen LogP contribution in [-0.4, -0.2) is 20.5 Å². The van der Waals surface area contributed by atoms with E-state index in [4.69, 9.17) is 5.73 Å². The minimum atomic E-state index is -3.53. The van der Waals surface area contributed by atoms with Gasteiger partial charge in [-0.15, -0.1) is 0 Å². The highest BCUT2D eigenvalue weighted by atomic mass is 79.9. The number of sulfonamides is 1. The molecule has 0 bridgehead atoms. The number of hydrogen-bond donors (Lipinski definition) is 2. The van der Waals surface area contributed by atoms with E-state index >= 15 is 0 Å². The summed E-state index contributed by atoms with van der Waals surface area (Å²) in [5.41, 5.74) is 6.06. The molecule has 0 heterocycles. The smallest absolute Gasteiger partial charge is 0.241 e. The summed E-state index contributed by atoms with van der Waals surface area (Å²) in [4.78, 5) is 0.321. The fourth-order valence-electron chi connectivity index (χ4n) is 2.60. The third-order valence-electron chi connectivity index (χ3n) is 3.74. The molecule has 0 saturated heterocycles. The number of benzene rings is 1. The molecule has 19 heavy (non-hydrogen) atoms. The van der Waals surface area contributed by atoms with Gasteiger partial charge >= 0.3 is 0 Å². The SMILES string of the molecule is Cc1ccc(Br)cc1S(=O)(=O)NC1(CN)CCCC1. The first-order chi connectivity index (χ1) is 8.88.